The van der Waals surface area contributed by atoms with E-state index in [4.69, 9.17) is 21.1 Å². The Kier molecular flexibility index (Phi) is 6.59. The second-order valence-corrected chi connectivity index (χ2v) is 5.22. The van der Waals surface area contributed by atoms with Gasteiger partial charge in [0.05, 0.1) is 24.4 Å². The van der Waals surface area contributed by atoms with Gasteiger partial charge in [-0.05, 0) is 38.1 Å². The summed E-state index contributed by atoms with van der Waals surface area (Å²) >= 11 is 5.96. The molecule has 0 atom stereocenters. The van der Waals surface area contributed by atoms with Gasteiger partial charge >= 0.3 is 11.9 Å². The number of rotatable bonds is 7. The van der Waals surface area contributed by atoms with Gasteiger partial charge < -0.3 is 20.3 Å². The van der Waals surface area contributed by atoms with E-state index in [1.807, 2.05) is 6.07 Å². The number of benzene rings is 1. The van der Waals surface area contributed by atoms with Crippen molar-refractivity contribution in [2.45, 2.75) is 13.8 Å². The van der Waals surface area contributed by atoms with Crippen molar-refractivity contribution in [2.24, 2.45) is 0 Å². The molecule has 8 heteroatoms. The molecule has 0 aliphatic rings. The van der Waals surface area contributed by atoms with Crippen LogP contribution in [0.3, 0.4) is 0 Å². The Balaban J connectivity index is 2.18. The number of hydrogen-bond acceptors (Lipinski definition) is 7. The molecule has 0 amide bonds. The van der Waals surface area contributed by atoms with E-state index in [9.17, 15) is 9.59 Å². The molecule has 25 heavy (non-hydrogen) atoms. The molecule has 1 heterocycles. The van der Waals surface area contributed by atoms with Gasteiger partial charge in [-0.3, -0.25) is 4.98 Å². The Bertz CT molecular complexity index is 788. The number of nitrogens with zero attached hydrogens (tertiary/aromatic N) is 1. The summed E-state index contributed by atoms with van der Waals surface area (Å²) in [5.41, 5.74) is 6.79. The molecule has 1 aromatic heterocycles. The highest BCUT2D eigenvalue weighted by Gasteiger charge is 2.20. The number of halogens is 1. The van der Waals surface area contributed by atoms with Gasteiger partial charge in [-0.15, -0.1) is 0 Å². The van der Waals surface area contributed by atoms with Gasteiger partial charge in [0.2, 0.25) is 0 Å². The van der Waals surface area contributed by atoms with E-state index in [0.29, 0.717) is 16.2 Å². The standard InChI is InChI=1S/C17H18ClN3O4/c1-3-24-16(22)13(17(23)25-4-2)10-20-21-14-7-8-19-15-9-11(18)5-6-12(14)15/h5-10,20H,3-4H2,1-2H3,(H,19,21). The highest BCUT2D eigenvalue weighted by molar-refractivity contribution is 6.31. The molecule has 0 fully saturated rings. The lowest BCUT2D eigenvalue weighted by Gasteiger charge is -2.11. The Labute approximate surface area is 149 Å². The molecule has 2 aromatic rings. The number of anilines is 1. The van der Waals surface area contributed by atoms with Crippen LogP contribution in [0.1, 0.15) is 13.8 Å². The zero-order chi connectivity index (χ0) is 18.2. The first-order valence-corrected chi connectivity index (χ1v) is 8.04. The van der Waals surface area contributed by atoms with Crippen molar-refractivity contribution >= 4 is 40.1 Å². The highest BCUT2D eigenvalue weighted by Crippen LogP contribution is 2.23. The quantitative estimate of drug-likeness (QED) is 0.257. The van der Waals surface area contributed by atoms with Gasteiger partial charge in [-0.2, -0.15) is 0 Å². The molecular weight excluding hydrogens is 346 g/mol. The van der Waals surface area contributed by atoms with Crippen molar-refractivity contribution < 1.29 is 19.1 Å². The predicted molar refractivity (Wildman–Crippen MR) is 94.9 cm³/mol. The summed E-state index contributed by atoms with van der Waals surface area (Å²) in [5, 5.41) is 1.40. The largest absolute Gasteiger partial charge is 0.462 e. The SMILES string of the molecule is CCOC(=O)C(=CNNc1ccnc2cc(Cl)ccc12)C(=O)OCC. The van der Waals surface area contributed by atoms with Gasteiger partial charge in [0.15, 0.2) is 5.57 Å². The molecule has 2 N–H and O–H groups in total. The number of carbonyl (C=O) groups excluding carboxylic acids is 2. The van der Waals surface area contributed by atoms with E-state index in [2.05, 4.69) is 15.8 Å². The van der Waals surface area contributed by atoms with Gasteiger partial charge in [-0.25, -0.2) is 9.59 Å². The lowest BCUT2D eigenvalue weighted by molar-refractivity contribution is -0.146. The first kappa shape index (κ1) is 18.5. The van der Waals surface area contributed by atoms with E-state index >= 15 is 0 Å². The average Bonchev–Trinajstić information content (AvgIpc) is 2.58. The molecule has 2 rings (SSSR count). The molecule has 7 nitrogen and oxygen atoms in total. The number of ether oxygens (including phenoxy) is 2. The topological polar surface area (TPSA) is 89.5 Å². The third-order valence-electron chi connectivity index (χ3n) is 3.12. The van der Waals surface area contributed by atoms with Crippen molar-refractivity contribution in [3.63, 3.8) is 0 Å². The number of hydrogen-bond donors (Lipinski definition) is 2. The Morgan fingerprint density at radius 3 is 2.48 bits per heavy atom. The lowest BCUT2D eigenvalue weighted by Crippen LogP contribution is -2.23. The van der Waals surface area contributed by atoms with Crippen LogP contribution in [-0.2, 0) is 19.1 Å². The molecule has 132 valence electrons. The minimum absolute atomic E-state index is 0.152. The van der Waals surface area contributed by atoms with Crippen molar-refractivity contribution in [2.75, 3.05) is 18.6 Å². The summed E-state index contributed by atoms with van der Waals surface area (Å²) in [7, 11) is 0. The molecule has 0 radical (unpaired) electrons. The molecule has 0 saturated carbocycles. The smallest absolute Gasteiger partial charge is 0.347 e. The van der Waals surface area contributed by atoms with Gasteiger partial charge in [0, 0.05) is 22.8 Å². The van der Waals surface area contributed by atoms with Crippen LogP contribution >= 0.6 is 11.6 Å². The van der Waals surface area contributed by atoms with E-state index in [1.54, 1.807) is 38.2 Å². The Morgan fingerprint density at radius 1 is 1.16 bits per heavy atom. The molecule has 0 aliphatic carbocycles. The zero-order valence-electron chi connectivity index (χ0n) is 13.8. The molecule has 0 unspecified atom stereocenters. The van der Waals surface area contributed by atoms with E-state index < -0.39 is 11.9 Å². The summed E-state index contributed by atoms with van der Waals surface area (Å²) in [6, 6.07) is 7.04. The maximum absolute atomic E-state index is 11.9. The highest BCUT2D eigenvalue weighted by atomic mass is 35.5. The third-order valence-corrected chi connectivity index (χ3v) is 3.35. The van der Waals surface area contributed by atoms with Gasteiger partial charge in [0.1, 0.15) is 0 Å². The number of hydrazine groups is 1. The third kappa shape index (κ3) is 4.84. The van der Waals surface area contributed by atoms with Crippen molar-refractivity contribution in [3.05, 3.63) is 47.3 Å². The number of carbonyl (C=O) groups is 2. The second kappa shape index (κ2) is 8.89. The fourth-order valence-corrected chi connectivity index (χ4v) is 2.20. The minimum Gasteiger partial charge on any atom is -0.462 e. The summed E-state index contributed by atoms with van der Waals surface area (Å²) in [6.45, 7) is 3.61. The Hall–Kier alpha value is -2.80. The summed E-state index contributed by atoms with van der Waals surface area (Å²) in [4.78, 5) is 28.0. The average molecular weight is 364 g/mol. The summed E-state index contributed by atoms with van der Waals surface area (Å²) < 4.78 is 9.71. The van der Waals surface area contributed by atoms with Crippen molar-refractivity contribution in [1.82, 2.24) is 10.4 Å². The number of pyridine rings is 1. The van der Waals surface area contributed by atoms with Crippen LogP contribution in [0, 0.1) is 0 Å². The first-order valence-electron chi connectivity index (χ1n) is 7.67. The normalized spacial score (nSPS) is 10.0. The first-order chi connectivity index (χ1) is 12.1. The fraction of sp³-hybridized carbons (Fsp3) is 0.235. The van der Waals surface area contributed by atoms with Crippen LogP contribution in [0.4, 0.5) is 5.69 Å². The Morgan fingerprint density at radius 2 is 1.84 bits per heavy atom. The van der Waals surface area contributed by atoms with Crippen LogP contribution in [-0.4, -0.2) is 30.1 Å². The zero-order valence-corrected chi connectivity index (χ0v) is 14.6. The van der Waals surface area contributed by atoms with Crippen molar-refractivity contribution in [3.8, 4) is 0 Å². The van der Waals surface area contributed by atoms with E-state index in [0.717, 1.165) is 5.39 Å². The van der Waals surface area contributed by atoms with Crippen molar-refractivity contribution in [1.29, 1.82) is 0 Å². The minimum atomic E-state index is -0.762. The number of esters is 2. The maximum Gasteiger partial charge on any atom is 0.347 e. The van der Waals surface area contributed by atoms with Gasteiger partial charge in [0.25, 0.3) is 0 Å². The van der Waals surface area contributed by atoms with Gasteiger partial charge in [-0.1, -0.05) is 11.6 Å². The van der Waals surface area contributed by atoms with Crippen LogP contribution in [0.15, 0.2) is 42.2 Å². The molecule has 0 bridgehead atoms. The van der Waals surface area contributed by atoms with Crippen LogP contribution in [0.2, 0.25) is 5.02 Å². The van der Waals surface area contributed by atoms with E-state index in [-0.39, 0.29) is 18.8 Å². The lowest BCUT2D eigenvalue weighted by atomic mass is 10.2. The maximum atomic E-state index is 11.9. The monoisotopic (exact) mass is 363 g/mol. The summed E-state index contributed by atoms with van der Waals surface area (Å²) in [5.74, 6) is -1.52. The predicted octanol–water partition coefficient (Wildman–Crippen LogP) is 2.81. The number of aromatic nitrogens is 1. The molecule has 0 saturated heterocycles. The molecular formula is C17H18ClN3O4. The molecule has 0 spiro atoms. The van der Waals surface area contributed by atoms with E-state index in [1.165, 1.54) is 6.20 Å². The van der Waals surface area contributed by atoms with Crippen LogP contribution in [0.25, 0.3) is 10.9 Å². The van der Waals surface area contributed by atoms with Crippen LogP contribution < -0.4 is 10.9 Å². The molecule has 0 aliphatic heterocycles. The molecule has 1 aromatic carbocycles. The van der Waals surface area contributed by atoms with Crippen LogP contribution in [0.5, 0.6) is 0 Å². The number of nitrogens with one attached hydrogen (secondary N) is 2. The fourth-order valence-electron chi connectivity index (χ4n) is 2.04. The number of fused-ring (bicyclic) bond motifs is 1. The summed E-state index contributed by atoms with van der Waals surface area (Å²) in [6.07, 6.45) is 2.82. The second-order valence-electron chi connectivity index (χ2n) is 4.79.